The van der Waals surface area contributed by atoms with E-state index in [0.717, 1.165) is 5.56 Å². The van der Waals surface area contributed by atoms with Crippen molar-refractivity contribution in [3.63, 3.8) is 0 Å². The smallest absolute Gasteiger partial charge is 0.168 e. The molecular formula is C16H17N5O4. The van der Waals surface area contributed by atoms with Crippen molar-refractivity contribution >= 4 is 17.0 Å². The van der Waals surface area contributed by atoms with Gasteiger partial charge < -0.3 is 25.8 Å². The summed E-state index contributed by atoms with van der Waals surface area (Å²) in [5.41, 5.74) is 7.42. The highest BCUT2D eigenvalue weighted by Crippen LogP contribution is 2.36. The average molecular weight is 343 g/mol. The standard InChI is InChI=1S/C16H17N5O4/c17-13-10-15(19-7-18-13)21(14(20-10)8-4-2-1-3-5-8)16-12(24)11(23)9(6-22)25-16/h1-5,7,9,11-12,16,22-24H,6H2,(H2,17,18,19)/t9-,11+,12+,16+/m0/s1. The molecule has 0 bridgehead atoms. The van der Waals surface area contributed by atoms with Gasteiger partial charge in [-0.1, -0.05) is 30.3 Å². The quantitative estimate of drug-likeness (QED) is 0.508. The first-order chi connectivity index (χ1) is 12.1. The van der Waals surface area contributed by atoms with Crippen LogP contribution in [0.25, 0.3) is 22.6 Å². The molecule has 5 N–H and O–H groups in total. The van der Waals surface area contributed by atoms with Crippen LogP contribution in [0.2, 0.25) is 0 Å². The maximum atomic E-state index is 10.4. The number of nitrogen functional groups attached to an aromatic ring is 1. The van der Waals surface area contributed by atoms with Gasteiger partial charge in [-0.25, -0.2) is 15.0 Å². The number of anilines is 1. The Morgan fingerprint density at radius 3 is 2.56 bits per heavy atom. The van der Waals surface area contributed by atoms with Crippen LogP contribution < -0.4 is 5.73 Å². The molecule has 2 aromatic heterocycles. The molecule has 1 saturated heterocycles. The molecule has 4 atom stereocenters. The van der Waals surface area contributed by atoms with E-state index in [9.17, 15) is 15.3 Å². The number of imidazole rings is 1. The van der Waals surface area contributed by atoms with Gasteiger partial charge in [0.05, 0.1) is 6.61 Å². The third-order valence-corrected chi connectivity index (χ3v) is 4.31. The van der Waals surface area contributed by atoms with E-state index in [0.29, 0.717) is 17.0 Å². The highest BCUT2D eigenvalue weighted by molar-refractivity contribution is 5.85. The van der Waals surface area contributed by atoms with E-state index in [1.165, 1.54) is 6.33 Å². The van der Waals surface area contributed by atoms with E-state index in [1.54, 1.807) is 4.57 Å². The Labute approximate surface area is 142 Å². The summed E-state index contributed by atoms with van der Waals surface area (Å²) >= 11 is 0. The van der Waals surface area contributed by atoms with Gasteiger partial charge in [0.15, 0.2) is 23.2 Å². The number of rotatable bonds is 3. The molecule has 1 aliphatic heterocycles. The van der Waals surface area contributed by atoms with Crippen LogP contribution in [0, 0.1) is 0 Å². The van der Waals surface area contributed by atoms with Gasteiger partial charge in [-0.3, -0.25) is 4.57 Å². The van der Waals surface area contributed by atoms with Gasteiger partial charge in [0.2, 0.25) is 0 Å². The van der Waals surface area contributed by atoms with Gasteiger partial charge in [-0.2, -0.15) is 0 Å². The average Bonchev–Trinajstić information content (AvgIpc) is 3.15. The summed E-state index contributed by atoms with van der Waals surface area (Å²) in [4.78, 5) is 12.7. The molecule has 4 rings (SSSR count). The number of fused-ring (bicyclic) bond motifs is 1. The number of aliphatic hydroxyl groups excluding tert-OH is 3. The predicted octanol–water partition coefficient (Wildman–Crippen LogP) is -0.313. The van der Waals surface area contributed by atoms with Crippen LogP contribution in [0.4, 0.5) is 5.82 Å². The van der Waals surface area contributed by atoms with Crippen LogP contribution >= 0.6 is 0 Å². The van der Waals surface area contributed by atoms with E-state index in [4.69, 9.17) is 10.5 Å². The van der Waals surface area contributed by atoms with E-state index in [1.807, 2.05) is 30.3 Å². The number of benzene rings is 1. The topological polar surface area (TPSA) is 140 Å². The molecule has 130 valence electrons. The molecule has 25 heavy (non-hydrogen) atoms. The van der Waals surface area contributed by atoms with E-state index < -0.39 is 31.1 Å². The summed E-state index contributed by atoms with van der Waals surface area (Å²) in [6.07, 6.45) is -3.06. The highest BCUT2D eigenvalue weighted by Gasteiger charge is 2.45. The third-order valence-electron chi connectivity index (χ3n) is 4.31. The Kier molecular flexibility index (Phi) is 3.85. The van der Waals surface area contributed by atoms with Crippen molar-refractivity contribution in [3.8, 4) is 11.4 Å². The number of ether oxygens (including phenoxy) is 1. The van der Waals surface area contributed by atoms with E-state index in [-0.39, 0.29) is 5.82 Å². The van der Waals surface area contributed by atoms with E-state index >= 15 is 0 Å². The first-order valence-corrected chi connectivity index (χ1v) is 7.78. The lowest BCUT2D eigenvalue weighted by Crippen LogP contribution is -2.33. The van der Waals surface area contributed by atoms with Gasteiger partial charge in [0.25, 0.3) is 0 Å². The molecule has 3 aromatic rings. The molecule has 9 nitrogen and oxygen atoms in total. The highest BCUT2D eigenvalue weighted by atomic mass is 16.6. The molecular weight excluding hydrogens is 326 g/mol. The zero-order chi connectivity index (χ0) is 17.6. The molecule has 0 amide bonds. The monoisotopic (exact) mass is 343 g/mol. The largest absolute Gasteiger partial charge is 0.394 e. The Balaban J connectivity index is 1.94. The van der Waals surface area contributed by atoms with Gasteiger partial charge >= 0.3 is 0 Å². The maximum absolute atomic E-state index is 10.4. The maximum Gasteiger partial charge on any atom is 0.168 e. The first-order valence-electron chi connectivity index (χ1n) is 7.78. The summed E-state index contributed by atoms with van der Waals surface area (Å²) in [6.45, 7) is -0.418. The van der Waals surface area contributed by atoms with Crippen LogP contribution in [0.3, 0.4) is 0 Å². The third kappa shape index (κ3) is 2.45. The lowest BCUT2D eigenvalue weighted by molar-refractivity contribution is -0.0503. The summed E-state index contributed by atoms with van der Waals surface area (Å²) in [5, 5.41) is 29.9. The Bertz CT molecular complexity index is 900. The fraction of sp³-hybridized carbons (Fsp3) is 0.312. The second-order valence-corrected chi connectivity index (χ2v) is 5.83. The fourth-order valence-corrected chi connectivity index (χ4v) is 3.05. The second kappa shape index (κ2) is 6.05. The summed E-state index contributed by atoms with van der Waals surface area (Å²) in [5.74, 6) is 0.672. The Hall–Kier alpha value is -2.59. The molecule has 3 heterocycles. The summed E-state index contributed by atoms with van der Waals surface area (Å²) < 4.78 is 7.24. The second-order valence-electron chi connectivity index (χ2n) is 5.83. The number of hydrogen-bond acceptors (Lipinski definition) is 8. The summed E-state index contributed by atoms with van der Waals surface area (Å²) in [7, 11) is 0. The van der Waals surface area contributed by atoms with Crippen LogP contribution in [-0.2, 0) is 4.74 Å². The molecule has 9 heteroatoms. The van der Waals surface area contributed by atoms with Gasteiger partial charge in [-0.05, 0) is 0 Å². The minimum absolute atomic E-state index is 0.202. The lowest BCUT2D eigenvalue weighted by atomic mass is 10.1. The zero-order valence-electron chi connectivity index (χ0n) is 13.1. The van der Waals surface area contributed by atoms with E-state index in [2.05, 4.69) is 15.0 Å². The van der Waals surface area contributed by atoms with Gasteiger partial charge in [0, 0.05) is 5.56 Å². The first kappa shape index (κ1) is 15.9. The molecule has 0 radical (unpaired) electrons. The van der Waals surface area contributed by atoms with Crippen molar-refractivity contribution in [2.24, 2.45) is 0 Å². The molecule has 0 unspecified atom stereocenters. The fourth-order valence-electron chi connectivity index (χ4n) is 3.05. The number of nitrogens with two attached hydrogens (primary N) is 1. The molecule has 0 saturated carbocycles. The number of aromatic nitrogens is 4. The Morgan fingerprint density at radius 1 is 1.12 bits per heavy atom. The lowest BCUT2D eigenvalue weighted by Gasteiger charge is -2.19. The van der Waals surface area contributed by atoms with Crippen LogP contribution in [0.1, 0.15) is 6.23 Å². The Morgan fingerprint density at radius 2 is 1.88 bits per heavy atom. The van der Waals surface area contributed by atoms with Crippen molar-refractivity contribution in [1.82, 2.24) is 19.5 Å². The van der Waals surface area contributed by atoms with Gasteiger partial charge in [0.1, 0.15) is 30.5 Å². The van der Waals surface area contributed by atoms with Crippen molar-refractivity contribution in [2.45, 2.75) is 24.5 Å². The minimum Gasteiger partial charge on any atom is -0.394 e. The van der Waals surface area contributed by atoms with Crippen molar-refractivity contribution in [3.05, 3.63) is 36.7 Å². The molecule has 1 fully saturated rings. The zero-order valence-corrected chi connectivity index (χ0v) is 13.1. The summed E-state index contributed by atoms with van der Waals surface area (Å²) in [6, 6.07) is 9.28. The van der Waals surface area contributed by atoms with Crippen molar-refractivity contribution in [2.75, 3.05) is 12.3 Å². The van der Waals surface area contributed by atoms with Gasteiger partial charge in [-0.15, -0.1) is 0 Å². The molecule has 0 aliphatic carbocycles. The normalized spacial score (nSPS) is 26.4. The number of hydrogen-bond donors (Lipinski definition) is 4. The van der Waals surface area contributed by atoms with Crippen LogP contribution in [0.5, 0.6) is 0 Å². The molecule has 1 aromatic carbocycles. The van der Waals surface area contributed by atoms with Crippen LogP contribution in [-0.4, -0.2) is 59.8 Å². The molecule has 1 aliphatic rings. The SMILES string of the molecule is Nc1ncnc2c1nc(-c1ccccc1)n2[C@@H]1O[C@@H](CO)[C@@H](O)[C@H]1O. The number of nitrogens with zero attached hydrogens (tertiary/aromatic N) is 4. The number of aliphatic hydroxyl groups is 3. The van der Waals surface area contributed by atoms with Crippen LogP contribution in [0.15, 0.2) is 36.7 Å². The van der Waals surface area contributed by atoms with Crippen molar-refractivity contribution in [1.29, 1.82) is 0 Å². The predicted molar refractivity (Wildman–Crippen MR) is 88.2 cm³/mol. The molecule has 0 spiro atoms. The minimum atomic E-state index is -1.26. The van der Waals surface area contributed by atoms with Crippen molar-refractivity contribution < 1.29 is 20.1 Å².